The molecule has 12 heteroatoms. The van der Waals surface area contributed by atoms with E-state index in [4.69, 9.17) is 31.3 Å². The quantitative estimate of drug-likeness (QED) is 0.0463. The zero-order valence-electron chi connectivity index (χ0n) is 25.3. The van der Waals surface area contributed by atoms with E-state index in [1.165, 1.54) is 23.8 Å². The van der Waals surface area contributed by atoms with Crippen LogP contribution in [-0.2, 0) is 5.41 Å². The molecule has 230 valence electrons. The molecule has 0 aliphatic rings. The molecule has 0 aliphatic carbocycles. The molecule has 44 heavy (non-hydrogen) atoms. The fourth-order valence-electron chi connectivity index (χ4n) is 4.60. The number of aromatic amines is 1. The third-order valence-electron chi connectivity index (χ3n) is 6.88. The van der Waals surface area contributed by atoms with Gasteiger partial charge >= 0.3 is 0 Å². The second kappa shape index (κ2) is 13.2. The van der Waals surface area contributed by atoms with Crippen LogP contribution in [0.5, 0.6) is 11.5 Å². The number of rotatable bonds is 12. The highest BCUT2D eigenvalue weighted by molar-refractivity contribution is 7.99. The molecule has 3 aromatic carbocycles. The maximum absolute atomic E-state index is 11.0. The number of halogens is 1. The van der Waals surface area contributed by atoms with E-state index in [1.54, 1.807) is 16.4 Å². The van der Waals surface area contributed by atoms with Crippen LogP contribution < -0.4 is 14.8 Å². The van der Waals surface area contributed by atoms with Crippen LogP contribution >= 0.6 is 23.4 Å². The van der Waals surface area contributed by atoms with Crippen LogP contribution in [-0.4, -0.2) is 43.8 Å². The highest BCUT2D eigenvalue weighted by Crippen LogP contribution is 2.36. The Balaban J connectivity index is 1.22. The number of nitrogens with zero attached hydrogens (tertiary/aromatic N) is 4. The number of aromatic nitrogens is 4. The monoisotopic (exact) mass is 634 g/mol. The van der Waals surface area contributed by atoms with Crippen LogP contribution in [0.4, 0.5) is 11.4 Å². The molecule has 10 nitrogen and oxygen atoms in total. The summed E-state index contributed by atoms with van der Waals surface area (Å²) in [5.41, 5.74) is 5.74. The van der Waals surface area contributed by atoms with Gasteiger partial charge in [0.15, 0.2) is 18.2 Å². The Hall–Kier alpha value is -4.22. The lowest BCUT2D eigenvalue weighted by atomic mass is 9.92. The smallest absolute Gasteiger partial charge is 0.273 e. The van der Waals surface area contributed by atoms with Crippen molar-refractivity contribution in [3.8, 4) is 22.9 Å². The van der Waals surface area contributed by atoms with Gasteiger partial charge in [-0.2, -0.15) is 5.10 Å². The number of thioether (sulfide) groups is 1. The SMILES string of the molecule is Cc1ccc(OCCCSc2c(C(C)(C)C)nn3nc(-c4ccc(NCOc5cc([N+](=O)[O-])ccc5Cl)cc4)[nH]c23)c(C)c1. The van der Waals surface area contributed by atoms with Gasteiger partial charge in [-0.3, -0.25) is 10.1 Å². The molecule has 5 aromatic rings. The van der Waals surface area contributed by atoms with Crippen molar-refractivity contribution in [3.63, 3.8) is 0 Å². The van der Waals surface area contributed by atoms with E-state index >= 15 is 0 Å². The van der Waals surface area contributed by atoms with Crippen molar-refractivity contribution in [1.29, 1.82) is 0 Å². The van der Waals surface area contributed by atoms with Gasteiger partial charge < -0.3 is 19.8 Å². The molecule has 2 N–H and O–H groups in total. The third-order valence-corrected chi connectivity index (χ3v) is 8.36. The Bertz CT molecular complexity index is 1780. The largest absolute Gasteiger partial charge is 0.493 e. The molecule has 0 saturated carbocycles. The number of fused-ring (bicyclic) bond motifs is 1. The van der Waals surface area contributed by atoms with Crippen molar-refractivity contribution in [3.05, 3.63) is 92.6 Å². The van der Waals surface area contributed by atoms with Gasteiger partial charge in [-0.25, -0.2) is 0 Å². The van der Waals surface area contributed by atoms with Crippen LogP contribution in [0.1, 0.15) is 44.0 Å². The first kappa shape index (κ1) is 31.2. The molecular weight excluding hydrogens is 600 g/mol. The maximum atomic E-state index is 11.0. The zero-order valence-corrected chi connectivity index (χ0v) is 26.9. The molecule has 0 bridgehead atoms. The van der Waals surface area contributed by atoms with Crippen molar-refractivity contribution < 1.29 is 14.4 Å². The number of non-ortho nitro benzene ring substituents is 1. The van der Waals surface area contributed by atoms with Gasteiger partial charge in [0.25, 0.3) is 5.69 Å². The lowest BCUT2D eigenvalue weighted by Crippen LogP contribution is -2.13. The van der Waals surface area contributed by atoms with E-state index in [-0.39, 0.29) is 23.6 Å². The summed E-state index contributed by atoms with van der Waals surface area (Å²) in [4.78, 5) is 15.1. The molecular formula is C32H35ClN6O4S. The predicted molar refractivity (Wildman–Crippen MR) is 175 cm³/mol. The van der Waals surface area contributed by atoms with Gasteiger partial charge in [0, 0.05) is 28.5 Å². The van der Waals surface area contributed by atoms with E-state index in [9.17, 15) is 10.1 Å². The maximum Gasteiger partial charge on any atom is 0.273 e. The van der Waals surface area contributed by atoms with E-state index in [0.29, 0.717) is 17.5 Å². The number of nitro groups is 1. The minimum absolute atomic E-state index is 0.0840. The standard InChI is InChI=1S/C32H35ClN6O4S/c1-20-7-14-26(21(2)17-20)42-15-6-16-44-28-29(32(3,4)5)36-38-31(28)35-30(37-38)22-8-10-23(11-9-22)34-19-43-27-18-24(39(40)41)12-13-25(27)33/h7-14,17-18,34H,6,15-16,19H2,1-5H3,(H,35,37). The molecule has 0 unspecified atom stereocenters. The number of nitrogens with one attached hydrogen (secondary N) is 2. The average Bonchev–Trinajstić information content (AvgIpc) is 3.54. The van der Waals surface area contributed by atoms with E-state index < -0.39 is 4.92 Å². The van der Waals surface area contributed by atoms with Crippen molar-refractivity contribution in [2.24, 2.45) is 0 Å². The summed E-state index contributed by atoms with van der Waals surface area (Å²) in [6, 6.07) is 18.0. The lowest BCUT2D eigenvalue weighted by molar-refractivity contribution is -0.384. The van der Waals surface area contributed by atoms with Crippen LogP contribution in [0.25, 0.3) is 17.0 Å². The summed E-state index contributed by atoms with van der Waals surface area (Å²) < 4.78 is 13.3. The molecule has 0 radical (unpaired) electrons. The van der Waals surface area contributed by atoms with Crippen LogP contribution in [0.2, 0.25) is 5.02 Å². The number of aryl methyl sites for hydroxylation is 2. The molecule has 2 aromatic heterocycles. The molecule has 0 atom stereocenters. The van der Waals surface area contributed by atoms with Crippen LogP contribution in [0.3, 0.4) is 0 Å². The zero-order chi connectivity index (χ0) is 31.4. The summed E-state index contributed by atoms with van der Waals surface area (Å²) in [5, 5.41) is 24.1. The van der Waals surface area contributed by atoms with Gasteiger partial charge in [0.05, 0.1) is 33.2 Å². The average molecular weight is 635 g/mol. The number of nitro benzene ring substituents is 1. The van der Waals surface area contributed by atoms with Crippen LogP contribution in [0.15, 0.2) is 65.6 Å². The topological polar surface area (TPSA) is 120 Å². The molecule has 0 spiro atoms. The number of H-pyrrole nitrogens is 1. The van der Waals surface area contributed by atoms with Gasteiger partial charge in [0.2, 0.25) is 0 Å². The number of anilines is 1. The minimum Gasteiger partial charge on any atom is -0.493 e. The highest BCUT2D eigenvalue weighted by atomic mass is 35.5. The number of ether oxygens (including phenoxy) is 2. The molecule has 5 rings (SSSR count). The first-order valence-corrected chi connectivity index (χ1v) is 15.6. The summed E-state index contributed by atoms with van der Waals surface area (Å²) in [5.74, 6) is 2.76. The molecule has 0 amide bonds. The lowest BCUT2D eigenvalue weighted by Gasteiger charge is -2.17. The second-order valence-corrected chi connectivity index (χ2v) is 13.0. The first-order valence-electron chi connectivity index (χ1n) is 14.2. The summed E-state index contributed by atoms with van der Waals surface area (Å²) in [7, 11) is 0. The third kappa shape index (κ3) is 7.28. The van der Waals surface area contributed by atoms with Gasteiger partial charge in [-0.05, 0) is 62.2 Å². The summed E-state index contributed by atoms with van der Waals surface area (Å²) in [6.07, 6.45) is 0.894. The second-order valence-electron chi connectivity index (χ2n) is 11.5. The van der Waals surface area contributed by atoms with E-state index in [1.807, 2.05) is 30.3 Å². The fraction of sp³-hybridized carbons (Fsp3) is 0.312. The molecule has 2 heterocycles. The van der Waals surface area contributed by atoms with E-state index in [0.717, 1.165) is 51.0 Å². The van der Waals surface area contributed by atoms with Crippen molar-refractivity contribution >= 4 is 40.4 Å². The first-order chi connectivity index (χ1) is 21.0. The number of benzene rings is 3. The van der Waals surface area contributed by atoms with Crippen molar-refractivity contribution in [2.75, 3.05) is 24.4 Å². The number of hydrogen-bond acceptors (Lipinski definition) is 8. The number of hydrogen-bond donors (Lipinski definition) is 2. The molecule has 0 aliphatic heterocycles. The molecule has 0 fully saturated rings. The van der Waals surface area contributed by atoms with Gasteiger partial charge in [-0.1, -0.05) is 50.1 Å². The van der Waals surface area contributed by atoms with Crippen molar-refractivity contribution in [2.45, 2.75) is 51.3 Å². The Morgan fingerprint density at radius 1 is 1.02 bits per heavy atom. The Labute approximate surface area is 265 Å². The van der Waals surface area contributed by atoms with Crippen molar-refractivity contribution in [1.82, 2.24) is 19.8 Å². The fourth-order valence-corrected chi connectivity index (χ4v) is 5.99. The summed E-state index contributed by atoms with van der Waals surface area (Å²) in [6.45, 7) is 11.4. The Kier molecular flexibility index (Phi) is 9.36. The van der Waals surface area contributed by atoms with E-state index in [2.05, 4.69) is 57.1 Å². The normalized spacial score (nSPS) is 11.6. The van der Waals surface area contributed by atoms with Gasteiger partial charge in [-0.15, -0.1) is 21.5 Å². The predicted octanol–water partition coefficient (Wildman–Crippen LogP) is 8.21. The van der Waals surface area contributed by atoms with Gasteiger partial charge in [0.1, 0.15) is 11.5 Å². The Morgan fingerprint density at radius 2 is 1.80 bits per heavy atom. The highest BCUT2D eigenvalue weighted by Gasteiger charge is 2.26. The Morgan fingerprint density at radius 3 is 2.50 bits per heavy atom. The molecule has 0 saturated heterocycles. The minimum atomic E-state index is -0.490. The summed E-state index contributed by atoms with van der Waals surface area (Å²) >= 11 is 7.88. The van der Waals surface area contributed by atoms with Crippen LogP contribution in [0, 0.1) is 24.0 Å².